The minimum absolute atomic E-state index is 0.0907. The Hall–Kier alpha value is -0.270. The summed E-state index contributed by atoms with van der Waals surface area (Å²) in [6.07, 6.45) is 22.2. The van der Waals surface area contributed by atoms with Gasteiger partial charge in [0.2, 0.25) is 0 Å². The zero-order chi connectivity index (χ0) is 26.3. The van der Waals surface area contributed by atoms with Crippen molar-refractivity contribution in [1.82, 2.24) is 0 Å². The number of unbranched alkanes of at least 4 members (excludes halogenated alkanes) is 12. The summed E-state index contributed by atoms with van der Waals surface area (Å²) >= 11 is 0. The Morgan fingerprint density at radius 1 is 0.771 bits per heavy atom. The second-order valence-corrected chi connectivity index (χ2v) is 11.9. The Labute approximate surface area is 216 Å². The van der Waals surface area contributed by atoms with E-state index >= 15 is 0 Å². The van der Waals surface area contributed by atoms with Crippen LogP contribution >= 0.6 is 7.82 Å². The number of phosphoric acid groups is 1. The van der Waals surface area contributed by atoms with Crippen LogP contribution in [0.3, 0.4) is 0 Å². The molecule has 0 aromatic heterocycles. The van der Waals surface area contributed by atoms with E-state index in [1.54, 1.807) is 0 Å². The molecule has 8 heteroatoms. The van der Waals surface area contributed by atoms with Crippen molar-refractivity contribution < 1.29 is 32.5 Å². The van der Waals surface area contributed by atoms with Gasteiger partial charge in [-0.15, -0.1) is 0 Å². The van der Waals surface area contributed by atoms with Crippen molar-refractivity contribution in [2.45, 2.75) is 103 Å². The average Bonchev–Trinajstić information content (AvgIpc) is 2.79. The fraction of sp³-hybridized carbons (Fsp3) is 0.926. The predicted octanol–water partition coefficient (Wildman–Crippen LogP) is 6.26. The van der Waals surface area contributed by atoms with E-state index in [1.165, 1.54) is 77.7 Å². The van der Waals surface area contributed by atoms with Gasteiger partial charge < -0.3 is 27.9 Å². The molecule has 7 nitrogen and oxygen atoms in total. The molecule has 2 atom stereocenters. The topological polar surface area (TPSA) is 77.1 Å². The molecule has 2 unspecified atom stereocenters. The summed E-state index contributed by atoms with van der Waals surface area (Å²) < 4.78 is 33.2. The van der Waals surface area contributed by atoms with Crippen LogP contribution < -0.4 is 4.89 Å². The number of hydrogen-bond acceptors (Lipinski definition) is 6. The van der Waals surface area contributed by atoms with Crippen molar-refractivity contribution in [2.24, 2.45) is 0 Å². The quantitative estimate of drug-likeness (QED) is 0.0578. The molecule has 0 rings (SSSR count). The maximum Gasteiger partial charge on any atom is 0.268 e. The lowest BCUT2D eigenvalue weighted by Crippen LogP contribution is -2.37. The van der Waals surface area contributed by atoms with E-state index in [9.17, 15) is 9.46 Å². The minimum Gasteiger partial charge on any atom is -0.756 e. The molecule has 0 saturated heterocycles. The lowest BCUT2D eigenvalue weighted by Gasteiger charge is -2.28. The summed E-state index contributed by atoms with van der Waals surface area (Å²) in [4.78, 5) is 11.9. The first-order valence-electron chi connectivity index (χ1n) is 13.9. The molecule has 35 heavy (non-hydrogen) atoms. The highest BCUT2D eigenvalue weighted by molar-refractivity contribution is 7.45. The summed E-state index contributed by atoms with van der Waals surface area (Å²) in [5, 5.41) is 0. The van der Waals surface area contributed by atoms with E-state index in [0.717, 1.165) is 19.3 Å². The molecule has 0 fully saturated rings. The van der Waals surface area contributed by atoms with E-state index in [4.69, 9.17) is 18.5 Å². The van der Waals surface area contributed by atoms with Crippen molar-refractivity contribution >= 4 is 7.82 Å². The first kappa shape index (κ1) is 34.7. The van der Waals surface area contributed by atoms with Crippen LogP contribution in [0, 0.1) is 0 Å². The van der Waals surface area contributed by atoms with Crippen LogP contribution in [0.25, 0.3) is 0 Å². The van der Waals surface area contributed by atoms with Gasteiger partial charge >= 0.3 is 0 Å². The second-order valence-electron chi connectivity index (χ2n) is 10.5. The Balaban J connectivity index is 3.56. The lowest BCUT2D eigenvalue weighted by atomic mass is 10.1. The zero-order valence-corrected chi connectivity index (χ0v) is 24.4. The first-order valence-corrected chi connectivity index (χ1v) is 15.3. The number of hydrogen-bond donors (Lipinski definition) is 0. The van der Waals surface area contributed by atoms with Crippen molar-refractivity contribution in [3.63, 3.8) is 0 Å². The molecule has 0 aliphatic rings. The molecule has 0 aromatic rings. The fourth-order valence-corrected chi connectivity index (χ4v) is 4.22. The van der Waals surface area contributed by atoms with Crippen LogP contribution in [-0.2, 0) is 23.1 Å². The molecule has 0 bridgehead atoms. The van der Waals surface area contributed by atoms with Crippen molar-refractivity contribution in [1.29, 1.82) is 0 Å². The molecular formula is C27H56NO6P. The van der Waals surface area contributed by atoms with Gasteiger partial charge in [0.05, 0.1) is 34.4 Å². The summed E-state index contributed by atoms with van der Waals surface area (Å²) in [6, 6.07) is 0. The standard InChI is InChI=1S/C27H56NO6P/c1-6-7-8-9-10-11-12-13-14-15-16-17-18-19-20-21-23-32-25-27(31-5)26-34-35(29,30)33-24-22-28(2,3)4/h15-16,27H,6-14,17-26H2,1-5H3/b16-15+. The molecule has 0 heterocycles. The van der Waals surface area contributed by atoms with Gasteiger partial charge in [-0.2, -0.15) is 0 Å². The molecule has 0 saturated carbocycles. The zero-order valence-electron chi connectivity index (χ0n) is 23.5. The summed E-state index contributed by atoms with van der Waals surface area (Å²) in [7, 11) is 3.10. The fourth-order valence-electron chi connectivity index (χ4n) is 3.49. The average molecular weight is 522 g/mol. The van der Waals surface area contributed by atoms with E-state index in [-0.39, 0.29) is 13.2 Å². The number of nitrogens with zero attached hydrogens (tertiary/aromatic N) is 1. The van der Waals surface area contributed by atoms with Crippen LogP contribution in [0.5, 0.6) is 0 Å². The Kier molecular flexibility index (Phi) is 22.7. The normalized spacial score (nSPS) is 15.0. The van der Waals surface area contributed by atoms with Crippen LogP contribution in [0.4, 0.5) is 0 Å². The molecular weight excluding hydrogens is 465 g/mol. The molecule has 0 aliphatic carbocycles. The molecule has 0 radical (unpaired) electrons. The molecule has 0 amide bonds. The highest BCUT2D eigenvalue weighted by atomic mass is 31.2. The number of methoxy groups -OCH3 is 1. The van der Waals surface area contributed by atoms with Crippen LogP contribution in [0.15, 0.2) is 12.2 Å². The highest BCUT2D eigenvalue weighted by Gasteiger charge is 2.16. The number of quaternary nitrogens is 1. The molecule has 210 valence electrons. The largest absolute Gasteiger partial charge is 0.756 e. The summed E-state index contributed by atoms with van der Waals surface area (Å²) in [5.74, 6) is 0. The maximum atomic E-state index is 11.9. The number of phosphoric ester groups is 1. The van der Waals surface area contributed by atoms with Gasteiger partial charge in [-0.25, -0.2) is 0 Å². The lowest BCUT2D eigenvalue weighted by molar-refractivity contribution is -0.870. The Morgan fingerprint density at radius 2 is 1.31 bits per heavy atom. The predicted molar refractivity (Wildman–Crippen MR) is 143 cm³/mol. The van der Waals surface area contributed by atoms with Gasteiger partial charge in [-0.05, 0) is 32.1 Å². The van der Waals surface area contributed by atoms with Gasteiger partial charge in [0.15, 0.2) is 0 Å². The summed E-state index contributed by atoms with van der Waals surface area (Å²) in [6.45, 7) is 3.77. The highest BCUT2D eigenvalue weighted by Crippen LogP contribution is 2.38. The smallest absolute Gasteiger partial charge is 0.268 e. The third-order valence-electron chi connectivity index (χ3n) is 5.87. The van der Waals surface area contributed by atoms with Crippen LogP contribution in [-0.4, -0.2) is 71.8 Å². The number of ether oxygens (including phenoxy) is 2. The summed E-state index contributed by atoms with van der Waals surface area (Å²) in [5.41, 5.74) is 0. The van der Waals surface area contributed by atoms with Gasteiger partial charge in [-0.3, -0.25) is 4.57 Å². The van der Waals surface area contributed by atoms with Gasteiger partial charge in [-0.1, -0.05) is 76.9 Å². The van der Waals surface area contributed by atoms with Crippen molar-refractivity contribution in [3.8, 4) is 0 Å². The van der Waals surface area contributed by atoms with E-state index < -0.39 is 13.9 Å². The van der Waals surface area contributed by atoms with E-state index in [1.807, 2.05) is 21.1 Å². The van der Waals surface area contributed by atoms with Crippen LogP contribution in [0.2, 0.25) is 0 Å². The van der Waals surface area contributed by atoms with Crippen LogP contribution in [0.1, 0.15) is 96.8 Å². The molecule has 0 aliphatic heterocycles. The van der Waals surface area contributed by atoms with Gasteiger partial charge in [0.1, 0.15) is 19.3 Å². The minimum atomic E-state index is -4.33. The second kappa shape index (κ2) is 22.9. The van der Waals surface area contributed by atoms with E-state index in [2.05, 4.69) is 19.1 Å². The SMILES string of the molecule is CCCCCCCCCC/C=C/CCCCCCOCC(COP(=O)([O-])OCC[N+](C)(C)C)OC. The van der Waals surface area contributed by atoms with Gasteiger partial charge in [0, 0.05) is 13.7 Å². The first-order chi connectivity index (χ1) is 16.7. The third kappa shape index (κ3) is 26.6. The van der Waals surface area contributed by atoms with Crippen molar-refractivity contribution in [2.75, 3.05) is 61.2 Å². The Morgan fingerprint density at radius 3 is 1.86 bits per heavy atom. The molecule has 0 N–H and O–H groups in total. The maximum absolute atomic E-state index is 11.9. The van der Waals surface area contributed by atoms with Crippen molar-refractivity contribution in [3.05, 3.63) is 12.2 Å². The number of rotatable bonds is 26. The van der Waals surface area contributed by atoms with Gasteiger partial charge in [0.25, 0.3) is 7.82 Å². The monoisotopic (exact) mass is 521 g/mol. The number of likely N-dealkylation sites (N-methyl/N-ethyl adjacent to an activating group) is 1. The molecule has 0 spiro atoms. The number of allylic oxidation sites excluding steroid dienone is 2. The molecule has 0 aromatic carbocycles. The Bertz CT molecular complexity index is 538. The third-order valence-corrected chi connectivity index (χ3v) is 6.83. The van der Waals surface area contributed by atoms with E-state index in [0.29, 0.717) is 24.2 Å².